The summed E-state index contributed by atoms with van der Waals surface area (Å²) >= 11 is 0. The van der Waals surface area contributed by atoms with Crippen molar-refractivity contribution in [2.45, 2.75) is 20.0 Å². The Balaban J connectivity index is 1.70. The van der Waals surface area contributed by atoms with E-state index < -0.39 is 4.92 Å². The van der Waals surface area contributed by atoms with Crippen molar-refractivity contribution in [1.29, 1.82) is 0 Å². The average Bonchev–Trinajstić information content (AvgIpc) is 2.55. The van der Waals surface area contributed by atoms with E-state index >= 15 is 0 Å². The summed E-state index contributed by atoms with van der Waals surface area (Å²) < 4.78 is 5.56. The summed E-state index contributed by atoms with van der Waals surface area (Å²) in [7, 11) is 0. The molecule has 2 heterocycles. The zero-order chi connectivity index (χ0) is 17.1. The Morgan fingerprint density at radius 1 is 1.38 bits per heavy atom. The number of nitrogens with one attached hydrogen (secondary N) is 1. The number of aryl methyl sites for hydroxylation is 1. The van der Waals surface area contributed by atoms with Gasteiger partial charge in [-0.1, -0.05) is 0 Å². The number of hydrogen-bond donors (Lipinski definition) is 1. The van der Waals surface area contributed by atoms with Gasteiger partial charge in [-0.2, -0.15) is 0 Å². The molecular weight excluding hydrogens is 308 g/mol. The summed E-state index contributed by atoms with van der Waals surface area (Å²) in [6.45, 7) is 6.29. The zero-order valence-corrected chi connectivity index (χ0v) is 13.7. The highest BCUT2D eigenvalue weighted by atomic mass is 16.6. The fourth-order valence-electron chi connectivity index (χ4n) is 2.76. The lowest BCUT2D eigenvalue weighted by Crippen LogP contribution is -2.41. The van der Waals surface area contributed by atoms with E-state index in [1.807, 2.05) is 12.1 Å². The first-order chi connectivity index (χ1) is 11.5. The third kappa shape index (κ3) is 3.62. The summed E-state index contributed by atoms with van der Waals surface area (Å²) in [5, 5.41) is 14.0. The molecule has 1 aliphatic rings. The molecule has 1 N–H and O–H groups in total. The molecule has 1 aliphatic heterocycles. The van der Waals surface area contributed by atoms with Crippen molar-refractivity contribution < 1.29 is 9.66 Å². The molecule has 24 heavy (non-hydrogen) atoms. The van der Waals surface area contributed by atoms with Crippen molar-refractivity contribution >= 4 is 22.9 Å². The number of rotatable bonds is 4. The maximum atomic E-state index is 10.8. The molecule has 1 aromatic heterocycles. The number of benzene rings is 1. The first-order valence-electron chi connectivity index (χ1n) is 7.87. The molecule has 0 bridgehead atoms. The molecule has 1 saturated heterocycles. The van der Waals surface area contributed by atoms with Crippen LogP contribution >= 0.6 is 0 Å². The van der Waals surface area contributed by atoms with Gasteiger partial charge in [-0.15, -0.1) is 0 Å². The molecule has 0 saturated carbocycles. The van der Waals surface area contributed by atoms with E-state index in [9.17, 15) is 10.1 Å². The SMILES string of the molecule is Cc1cc(Nc2ccc(N3CCOC(C)C3)cc2)ncc1[N+](=O)[O-]. The Morgan fingerprint density at radius 3 is 2.75 bits per heavy atom. The summed E-state index contributed by atoms with van der Waals surface area (Å²) in [4.78, 5) is 16.8. The zero-order valence-electron chi connectivity index (χ0n) is 13.7. The largest absolute Gasteiger partial charge is 0.375 e. The first kappa shape index (κ1) is 16.2. The number of anilines is 3. The number of morpholine rings is 1. The van der Waals surface area contributed by atoms with Gasteiger partial charge < -0.3 is 15.0 Å². The van der Waals surface area contributed by atoms with E-state index in [0.717, 1.165) is 31.1 Å². The van der Waals surface area contributed by atoms with E-state index in [2.05, 4.69) is 34.3 Å². The number of ether oxygens (including phenoxy) is 1. The molecule has 126 valence electrons. The first-order valence-corrected chi connectivity index (χ1v) is 7.87. The van der Waals surface area contributed by atoms with E-state index in [4.69, 9.17) is 4.74 Å². The monoisotopic (exact) mass is 328 g/mol. The number of pyridine rings is 1. The molecule has 1 fully saturated rings. The van der Waals surface area contributed by atoms with Crippen LogP contribution in [-0.4, -0.2) is 35.7 Å². The van der Waals surface area contributed by atoms with Crippen molar-refractivity contribution in [3.05, 3.63) is 52.2 Å². The Bertz CT molecular complexity index is 733. The minimum atomic E-state index is -0.426. The van der Waals surface area contributed by atoms with Crippen LogP contribution in [0.2, 0.25) is 0 Å². The van der Waals surface area contributed by atoms with Crippen LogP contribution in [0, 0.1) is 17.0 Å². The third-order valence-corrected chi connectivity index (χ3v) is 4.03. The number of hydrogen-bond acceptors (Lipinski definition) is 6. The summed E-state index contributed by atoms with van der Waals surface area (Å²) in [6, 6.07) is 9.74. The Kier molecular flexibility index (Phi) is 4.61. The van der Waals surface area contributed by atoms with Crippen molar-refractivity contribution in [2.24, 2.45) is 0 Å². The highest BCUT2D eigenvalue weighted by molar-refractivity contribution is 5.62. The minimum absolute atomic E-state index is 0.0253. The van der Waals surface area contributed by atoms with Crippen LogP contribution in [0.25, 0.3) is 0 Å². The Hall–Kier alpha value is -2.67. The van der Waals surface area contributed by atoms with Crippen LogP contribution in [0.15, 0.2) is 36.5 Å². The van der Waals surface area contributed by atoms with Crippen LogP contribution in [0.1, 0.15) is 12.5 Å². The van der Waals surface area contributed by atoms with Gasteiger partial charge in [0.25, 0.3) is 5.69 Å². The molecule has 0 spiro atoms. The summed E-state index contributed by atoms with van der Waals surface area (Å²) in [6.07, 6.45) is 1.52. The van der Waals surface area contributed by atoms with Crippen molar-refractivity contribution in [3.8, 4) is 0 Å². The fourth-order valence-corrected chi connectivity index (χ4v) is 2.76. The van der Waals surface area contributed by atoms with E-state index in [1.165, 1.54) is 6.20 Å². The minimum Gasteiger partial charge on any atom is -0.375 e. The number of nitro groups is 1. The highest BCUT2D eigenvalue weighted by Gasteiger charge is 2.17. The van der Waals surface area contributed by atoms with Gasteiger partial charge in [-0.25, -0.2) is 4.98 Å². The molecule has 2 aromatic rings. The fraction of sp³-hybridized carbons (Fsp3) is 0.353. The molecule has 0 radical (unpaired) electrons. The second-order valence-corrected chi connectivity index (χ2v) is 5.91. The van der Waals surface area contributed by atoms with Gasteiger partial charge in [-0.3, -0.25) is 10.1 Å². The maximum absolute atomic E-state index is 10.8. The lowest BCUT2D eigenvalue weighted by atomic mass is 10.2. The lowest BCUT2D eigenvalue weighted by Gasteiger charge is -2.33. The van der Waals surface area contributed by atoms with Crippen LogP contribution in [-0.2, 0) is 4.74 Å². The van der Waals surface area contributed by atoms with Gasteiger partial charge in [0.05, 0.1) is 17.6 Å². The van der Waals surface area contributed by atoms with Gasteiger partial charge >= 0.3 is 0 Å². The van der Waals surface area contributed by atoms with Crippen LogP contribution in [0.3, 0.4) is 0 Å². The Labute approximate surface area is 140 Å². The molecule has 7 nitrogen and oxygen atoms in total. The maximum Gasteiger partial charge on any atom is 0.290 e. The third-order valence-electron chi connectivity index (χ3n) is 4.03. The van der Waals surface area contributed by atoms with Crippen LogP contribution < -0.4 is 10.2 Å². The molecule has 3 rings (SSSR count). The van der Waals surface area contributed by atoms with Gasteiger partial charge in [0.1, 0.15) is 12.0 Å². The Morgan fingerprint density at radius 2 is 2.12 bits per heavy atom. The number of nitrogens with zero attached hydrogens (tertiary/aromatic N) is 3. The van der Waals surface area contributed by atoms with Gasteiger partial charge in [0, 0.05) is 30.0 Å². The van der Waals surface area contributed by atoms with Gasteiger partial charge in [0.15, 0.2) is 0 Å². The summed E-state index contributed by atoms with van der Waals surface area (Å²) in [5.74, 6) is 0.589. The predicted molar refractivity (Wildman–Crippen MR) is 93.0 cm³/mol. The topological polar surface area (TPSA) is 80.5 Å². The van der Waals surface area contributed by atoms with Gasteiger partial charge in [-0.05, 0) is 44.2 Å². The predicted octanol–water partition coefficient (Wildman–Crippen LogP) is 3.27. The normalized spacial score (nSPS) is 17.6. The van der Waals surface area contributed by atoms with E-state index in [-0.39, 0.29) is 11.8 Å². The molecule has 0 aliphatic carbocycles. The number of aromatic nitrogens is 1. The van der Waals surface area contributed by atoms with Crippen molar-refractivity contribution in [1.82, 2.24) is 4.98 Å². The quantitative estimate of drug-likeness (QED) is 0.685. The lowest BCUT2D eigenvalue weighted by molar-refractivity contribution is -0.385. The van der Waals surface area contributed by atoms with Crippen LogP contribution in [0.5, 0.6) is 0 Å². The van der Waals surface area contributed by atoms with Crippen molar-refractivity contribution in [2.75, 3.05) is 29.9 Å². The molecule has 1 atom stereocenters. The molecular formula is C17H20N4O3. The van der Waals surface area contributed by atoms with E-state index in [0.29, 0.717) is 11.4 Å². The molecule has 0 amide bonds. The van der Waals surface area contributed by atoms with Crippen LogP contribution in [0.4, 0.5) is 22.9 Å². The van der Waals surface area contributed by atoms with Gasteiger partial charge in [0.2, 0.25) is 0 Å². The smallest absolute Gasteiger partial charge is 0.290 e. The standard InChI is InChI=1S/C17H20N4O3/c1-12-9-17(18-10-16(12)21(22)23)19-14-3-5-15(6-4-14)20-7-8-24-13(2)11-20/h3-6,9-10,13H,7-8,11H2,1-2H3,(H,18,19). The average molecular weight is 328 g/mol. The molecule has 7 heteroatoms. The second-order valence-electron chi connectivity index (χ2n) is 5.91. The highest BCUT2D eigenvalue weighted by Crippen LogP contribution is 2.24. The molecule has 1 unspecified atom stereocenters. The molecule has 1 aromatic carbocycles. The van der Waals surface area contributed by atoms with E-state index in [1.54, 1.807) is 13.0 Å². The second kappa shape index (κ2) is 6.84. The van der Waals surface area contributed by atoms with Crippen molar-refractivity contribution in [3.63, 3.8) is 0 Å². The summed E-state index contributed by atoms with van der Waals surface area (Å²) in [5.41, 5.74) is 2.65.